The molecule has 0 aromatic carbocycles. The van der Waals surface area contributed by atoms with Gasteiger partial charge in [0.2, 0.25) is 0 Å². The van der Waals surface area contributed by atoms with Gasteiger partial charge in [-0.25, -0.2) is 25.5 Å². The highest BCUT2D eigenvalue weighted by Crippen LogP contribution is 2.34. The van der Waals surface area contributed by atoms with Crippen molar-refractivity contribution in [3.05, 3.63) is 41.1 Å². The van der Waals surface area contributed by atoms with Crippen LogP contribution < -0.4 is 28.1 Å². The van der Waals surface area contributed by atoms with E-state index in [0.717, 1.165) is 38.8 Å². The maximum Gasteiger partial charge on any atom is 0.290 e. The number of piperidine rings is 1. The molecule has 2 heterocycles. The van der Waals surface area contributed by atoms with Gasteiger partial charge < -0.3 is 31.5 Å². The molecule has 1 saturated carbocycles. The molecule has 0 radical (unpaired) electrons. The lowest BCUT2D eigenvalue weighted by molar-refractivity contribution is -0.122. The third-order valence-electron chi connectivity index (χ3n) is 5.70. The summed E-state index contributed by atoms with van der Waals surface area (Å²) >= 11 is 0. The standard InChI is InChI=1S/C21H34F2N8.C2H6.CH2O2/c1-29(26)18(13-31(27)12-15(24)11-14-5-6-14)19(25)16-7-8-17(20(28-16)21(22)23)30-9-3-2-4-10-30;1-2;2-1-3/h7-8,12,14,21H,2-6,9-11,13,24-27H2,1H3;1-2H3;1H,(H,2,3)/b15-12-,19-18-;;. The third kappa shape index (κ3) is 9.86. The van der Waals surface area contributed by atoms with Crippen molar-refractivity contribution in [3.63, 3.8) is 0 Å². The Hall–Kier alpha value is -3.12. The lowest BCUT2D eigenvalue weighted by atomic mass is 10.1. The summed E-state index contributed by atoms with van der Waals surface area (Å²) in [4.78, 5) is 14.5. The van der Waals surface area contributed by atoms with E-state index in [0.29, 0.717) is 23.0 Å². The monoisotopic (exact) mass is 512 g/mol. The van der Waals surface area contributed by atoms with Gasteiger partial charge in [-0.3, -0.25) is 4.79 Å². The molecular weight excluding hydrogens is 470 g/mol. The molecule has 1 aliphatic heterocycles. The van der Waals surface area contributed by atoms with Crippen LogP contribution in [0.1, 0.15) is 70.2 Å². The molecule has 0 unspecified atom stereocenters. The van der Waals surface area contributed by atoms with Gasteiger partial charge in [-0.2, -0.15) is 0 Å². The maximum absolute atomic E-state index is 13.8. The molecule has 1 aliphatic carbocycles. The lowest BCUT2D eigenvalue weighted by Crippen LogP contribution is -2.38. The number of allylic oxidation sites excluding steroid dienone is 1. The van der Waals surface area contributed by atoms with Gasteiger partial charge in [-0.05, 0) is 56.6 Å². The largest absolute Gasteiger partial charge is 0.483 e. The Morgan fingerprint density at radius 3 is 2.28 bits per heavy atom. The minimum absolute atomic E-state index is 0.157. The van der Waals surface area contributed by atoms with Crippen molar-refractivity contribution in [1.82, 2.24) is 15.0 Å². The van der Waals surface area contributed by atoms with Gasteiger partial charge in [0.1, 0.15) is 5.69 Å². The normalized spacial score (nSPS) is 16.2. The van der Waals surface area contributed by atoms with Crippen LogP contribution in [0.15, 0.2) is 29.7 Å². The topological polar surface area (TPSA) is 164 Å². The number of anilines is 1. The second-order valence-corrected chi connectivity index (χ2v) is 8.55. The number of carbonyl (C=O) groups is 1. The SMILES string of the molecule is CC.CN(N)/C(CN(N)/C=C(\N)CC1CC1)=C(\N)c1ccc(N2CCCCC2)c(C(F)F)n1.O=CO. The molecule has 9 N–H and O–H groups in total. The Labute approximate surface area is 212 Å². The molecule has 1 saturated heterocycles. The fraction of sp³-hybridized carbons (Fsp3) is 0.583. The number of carboxylic acid groups (broad SMARTS) is 1. The Balaban J connectivity index is 0.00000120. The maximum atomic E-state index is 13.8. The minimum Gasteiger partial charge on any atom is -0.483 e. The first-order valence-corrected chi connectivity index (χ1v) is 12.2. The summed E-state index contributed by atoms with van der Waals surface area (Å²) in [6.45, 7) is 5.41. The van der Waals surface area contributed by atoms with E-state index in [1.165, 1.54) is 22.9 Å². The second kappa shape index (κ2) is 15.8. The number of alkyl halides is 2. The number of hydrogen-bond donors (Lipinski definition) is 5. The third-order valence-corrected chi connectivity index (χ3v) is 5.70. The molecule has 0 bridgehead atoms. The van der Waals surface area contributed by atoms with Gasteiger partial charge in [0, 0.05) is 32.0 Å². The molecular formula is C24H42F2N8O2. The van der Waals surface area contributed by atoms with Gasteiger partial charge >= 0.3 is 0 Å². The summed E-state index contributed by atoms with van der Waals surface area (Å²) in [6, 6.07) is 3.33. The van der Waals surface area contributed by atoms with Gasteiger partial charge in [-0.1, -0.05) is 13.8 Å². The van der Waals surface area contributed by atoms with Gasteiger partial charge in [-0.15, -0.1) is 0 Å². The van der Waals surface area contributed by atoms with Crippen LogP contribution in [0.5, 0.6) is 0 Å². The van der Waals surface area contributed by atoms with Crippen molar-refractivity contribution < 1.29 is 18.7 Å². The molecule has 3 rings (SSSR count). The van der Waals surface area contributed by atoms with Gasteiger partial charge in [0.15, 0.2) is 0 Å². The Kier molecular flexibility index (Phi) is 13.6. The first kappa shape index (κ1) is 30.9. The summed E-state index contributed by atoms with van der Waals surface area (Å²) < 4.78 is 27.6. The highest BCUT2D eigenvalue weighted by Gasteiger charge is 2.24. The number of halogens is 2. The van der Waals surface area contributed by atoms with Crippen molar-refractivity contribution in [2.24, 2.45) is 29.1 Å². The molecule has 36 heavy (non-hydrogen) atoms. The number of nitrogens with two attached hydrogens (primary N) is 4. The molecule has 0 spiro atoms. The number of likely N-dealkylation sites (N-methyl/N-ethyl adjacent to an activating group) is 1. The Morgan fingerprint density at radius 2 is 1.78 bits per heavy atom. The van der Waals surface area contributed by atoms with Crippen molar-refractivity contribution in [3.8, 4) is 0 Å². The van der Waals surface area contributed by atoms with E-state index in [1.807, 2.05) is 18.7 Å². The summed E-state index contributed by atoms with van der Waals surface area (Å²) in [7, 11) is 1.61. The zero-order chi connectivity index (χ0) is 27.3. The molecule has 1 aromatic heterocycles. The predicted molar refractivity (Wildman–Crippen MR) is 139 cm³/mol. The molecule has 204 valence electrons. The number of rotatable bonds is 9. The second-order valence-electron chi connectivity index (χ2n) is 8.55. The van der Waals surface area contributed by atoms with Crippen LogP contribution in [0.3, 0.4) is 0 Å². The van der Waals surface area contributed by atoms with Crippen molar-refractivity contribution in [2.45, 2.75) is 58.8 Å². The fourth-order valence-corrected chi connectivity index (χ4v) is 3.85. The Bertz CT molecular complexity index is 870. The molecule has 10 nitrogen and oxygen atoms in total. The molecule has 12 heteroatoms. The summed E-state index contributed by atoms with van der Waals surface area (Å²) in [5, 5.41) is 9.61. The number of hydrogen-bond acceptors (Lipinski definition) is 9. The van der Waals surface area contributed by atoms with E-state index in [4.69, 9.17) is 33.1 Å². The first-order chi connectivity index (χ1) is 17.2. The molecule has 0 amide bonds. The van der Waals surface area contributed by atoms with Crippen LogP contribution in [-0.4, -0.2) is 53.3 Å². The lowest BCUT2D eigenvalue weighted by Gasteiger charge is -2.30. The van der Waals surface area contributed by atoms with Gasteiger partial charge in [0.25, 0.3) is 12.9 Å². The molecule has 2 fully saturated rings. The fourth-order valence-electron chi connectivity index (χ4n) is 3.85. The Morgan fingerprint density at radius 1 is 1.19 bits per heavy atom. The van der Waals surface area contributed by atoms with Crippen LogP contribution in [0, 0.1) is 5.92 Å². The van der Waals surface area contributed by atoms with E-state index in [2.05, 4.69) is 4.98 Å². The van der Waals surface area contributed by atoms with Gasteiger partial charge in [0.05, 0.1) is 29.3 Å². The van der Waals surface area contributed by atoms with E-state index >= 15 is 0 Å². The highest BCUT2D eigenvalue weighted by atomic mass is 19.3. The van der Waals surface area contributed by atoms with Crippen molar-refractivity contribution in [1.29, 1.82) is 0 Å². The minimum atomic E-state index is -2.71. The highest BCUT2D eigenvalue weighted by molar-refractivity contribution is 5.65. The number of aromatic nitrogens is 1. The van der Waals surface area contributed by atoms with Crippen molar-refractivity contribution in [2.75, 3.05) is 31.6 Å². The van der Waals surface area contributed by atoms with Crippen LogP contribution >= 0.6 is 0 Å². The quantitative estimate of drug-likeness (QED) is 0.189. The molecule has 2 aliphatic rings. The number of pyridine rings is 1. The first-order valence-electron chi connectivity index (χ1n) is 12.2. The van der Waals surface area contributed by atoms with Crippen LogP contribution in [-0.2, 0) is 4.79 Å². The zero-order valence-electron chi connectivity index (χ0n) is 21.5. The van der Waals surface area contributed by atoms with E-state index in [-0.39, 0.29) is 30.1 Å². The van der Waals surface area contributed by atoms with E-state index in [9.17, 15) is 8.78 Å². The average molecular weight is 513 g/mol. The van der Waals surface area contributed by atoms with E-state index < -0.39 is 6.43 Å². The molecule has 0 atom stereocenters. The zero-order valence-corrected chi connectivity index (χ0v) is 21.5. The summed E-state index contributed by atoms with van der Waals surface area (Å²) in [6.07, 6.45) is 5.22. The van der Waals surface area contributed by atoms with E-state index in [1.54, 1.807) is 25.4 Å². The van der Waals surface area contributed by atoms with Crippen LogP contribution in [0.4, 0.5) is 14.5 Å². The predicted octanol–water partition coefficient (Wildman–Crippen LogP) is 2.95. The molecule has 1 aromatic rings. The number of hydrazine groups is 2. The average Bonchev–Trinajstić information content (AvgIpc) is 3.67. The van der Waals surface area contributed by atoms with Crippen LogP contribution in [0.25, 0.3) is 5.70 Å². The van der Waals surface area contributed by atoms with Crippen molar-refractivity contribution >= 4 is 17.9 Å². The van der Waals surface area contributed by atoms with Crippen LogP contribution in [0.2, 0.25) is 0 Å². The summed E-state index contributed by atoms with van der Waals surface area (Å²) in [5.74, 6) is 12.7. The smallest absolute Gasteiger partial charge is 0.290 e. The summed E-state index contributed by atoms with van der Waals surface area (Å²) in [5.41, 5.74) is 14.1. The number of nitrogens with zero attached hydrogens (tertiary/aromatic N) is 4.